The van der Waals surface area contributed by atoms with E-state index in [1.807, 2.05) is 33.3 Å². The molecule has 0 fully saturated rings. The number of phosphoric ester groups is 1. The molecule has 0 rings (SSSR count). The van der Waals surface area contributed by atoms with Crippen LogP contribution in [0.2, 0.25) is 0 Å². The van der Waals surface area contributed by atoms with E-state index in [0.29, 0.717) is 17.4 Å². The Bertz CT molecular complexity index is 1270. The summed E-state index contributed by atoms with van der Waals surface area (Å²) in [4.78, 5) is 39.8. The van der Waals surface area contributed by atoms with Crippen LogP contribution >= 0.6 is 7.82 Å². The molecule has 0 heterocycles. The third-order valence-corrected chi connectivity index (χ3v) is 13.8. The number of phosphoric acid groups is 1. The Morgan fingerprint density at radius 1 is 0.515 bits per heavy atom. The molecule has 1 N–H and O–H groups in total. The summed E-state index contributed by atoms with van der Waals surface area (Å²) >= 11 is 0. The lowest BCUT2D eigenvalue weighted by atomic mass is 10.0. The second kappa shape index (κ2) is 48.8. The van der Waals surface area contributed by atoms with E-state index >= 15 is 0 Å². The number of likely N-dealkylation sites (N-methyl/N-ethyl adjacent to an activating group) is 1. The summed E-state index contributed by atoms with van der Waals surface area (Å²) in [5.41, 5.74) is 0. The summed E-state index contributed by atoms with van der Waals surface area (Å²) in [5.74, 6) is -0.563. The number of quaternary nitrogens is 1. The Labute approximate surface area is 421 Å². The van der Waals surface area contributed by atoms with Gasteiger partial charge in [0.1, 0.15) is 19.3 Å². The van der Waals surface area contributed by atoms with Crippen LogP contribution in [-0.4, -0.2) is 69.4 Å². The molecule has 0 saturated carbocycles. The van der Waals surface area contributed by atoms with Crippen LogP contribution < -0.4 is 10.2 Å². The van der Waals surface area contributed by atoms with Crippen molar-refractivity contribution in [2.45, 2.75) is 283 Å². The minimum atomic E-state index is -4.70. The van der Waals surface area contributed by atoms with Crippen LogP contribution in [0.25, 0.3) is 0 Å². The molecule has 0 aromatic carbocycles. The maximum absolute atomic E-state index is 13.5. The van der Waals surface area contributed by atoms with Gasteiger partial charge in [-0.3, -0.25) is 14.2 Å². The van der Waals surface area contributed by atoms with Crippen molar-refractivity contribution in [1.29, 1.82) is 0 Å². The Kier molecular flexibility index (Phi) is 47.6. The molecule has 10 heteroatoms. The molecule has 0 aromatic rings. The van der Waals surface area contributed by atoms with Crippen LogP contribution in [0.15, 0.2) is 36.5 Å². The van der Waals surface area contributed by atoms with Gasteiger partial charge in [-0.25, -0.2) is 0 Å². The molecule has 0 bridgehead atoms. The Hall–Kier alpha value is -1.77. The van der Waals surface area contributed by atoms with Crippen LogP contribution in [0, 0.1) is 0 Å². The van der Waals surface area contributed by atoms with E-state index in [2.05, 4.69) is 50.4 Å². The molecule has 68 heavy (non-hydrogen) atoms. The molecular weight excluding hydrogens is 868 g/mol. The standard InChI is InChI=1S/C58H111N2O7P/c1-7-10-13-16-19-22-25-28-30-31-32-35-38-41-44-47-50-57(61)59-55(54-66-68(63,64)65-53-52-60(4,5)6)56(49-46-43-40-37-34-27-24-21-18-15-12-9-3)67-58(62)51-48-45-42-39-36-33-29-26-23-20-17-14-11-8-2/h30-32,35,46,49,55-56H,7-29,33-34,36-45,47-48,50-54H2,1-6H3,(H-,59,61,63,64)/b31-30+,35-32+,49-46+. The highest BCUT2D eigenvalue weighted by Crippen LogP contribution is 2.38. The zero-order chi connectivity index (χ0) is 50.1. The fourth-order valence-electron chi connectivity index (χ4n) is 8.34. The smallest absolute Gasteiger partial charge is 0.306 e. The molecule has 400 valence electrons. The normalized spacial score (nSPS) is 14.0. The van der Waals surface area contributed by atoms with Crippen LogP contribution in [0.5, 0.6) is 0 Å². The van der Waals surface area contributed by atoms with E-state index in [0.717, 1.165) is 64.2 Å². The van der Waals surface area contributed by atoms with E-state index in [1.54, 1.807) is 0 Å². The highest BCUT2D eigenvalue weighted by atomic mass is 31.2. The number of hydrogen-bond acceptors (Lipinski definition) is 7. The number of unbranched alkanes of at least 4 members (excludes halogenated alkanes) is 33. The van der Waals surface area contributed by atoms with Crippen molar-refractivity contribution >= 4 is 19.7 Å². The van der Waals surface area contributed by atoms with E-state index in [9.17, 15) is 19.0 Å². The minimum absolute atomic E-state index is 0.0254. The van der Waals surface area contributed by atoms with Crippen molar-refractivity contribution < 1.29 is 37.3 Å². The lowest BCUT2D eigenvalue weighted by molar-refractivity contribution is -0.870. The topological polar surface area (TPSA) is 114 Å². The average Bonchev–Trinajstić information content (AvgIpc) is 3.29. The van der Waals surface area contributed by atoms with Gasteiger partial charge in [0.15, 0.2) is 0 Å². The SMILES string of the molecule is CCCCCCCCC/C=C/C=C/CCCCCC(=O)NC(COP(=O)([O-])OCC[N+](C)(C)C)C(/C=C/CCCCCCCCCCCC)OC(=O)CCCCCCCCCCCCCCCC. The Morgan fingerprint density at radius 2 is 0.882 bits per heavy atom. The first-order valence-electron chi connectivity index (χ1n) is 28.8. The van der Waals surface area contributed by atoms with E-state index in [1.165, 1.54) is 167 Å². The average molecular weight is 980 g/mol. The number of allylic oxidation sites excluding steroid dienone is 5. The molecule has 0 spiro atoms. The van der Waals surface area contributed by atoms with Crippen LogP contribution in [0.1, 0.15) is 271 Å². The highest BCUT2D eigenvalue weighted by molar-refractivity contribution is 7.45. The molecule has 1 amide bonds. The van der Waals surface area contributed by atoms with Gasteiger partial charge in [-0.2, -0.15) is 0 Å². The van der Waals surface area contributed by atoms with Gasteiger partial charge in [0, 0.05) is 12.8 Å². The van der Waals surface area contributed by atoms with Gasteiger partial charge in [-0.15, -0.1) is 0 Å². The minimum Gasteiger partial charge on any atom is -0.756 e. The maximum atomic E-state index is 13.5. The van der Waals surface area contributed by atoms with Crippen LogP contribution in [0.4, 0.5) is 0 Å². The number of ether oxygens (including phenoxy) is 1. The molecular formula is C58H111N2O7P. The van der Waals surface area contributed by atoms with Crippen molar-refractivity contribution in [1.82, 2.24) is 5.32 Å². The number of amides is 1. The maximum Gasteiger partial charge on any atom is 0.306 e. The zero-order valence-corrected chi connectivity index (χ0v) is 46.5. The number of nitrogens with one attached hydrogen (secondary N) is 1. The number of esters is 1. The summed E-state index contributed by atoms with van der Waals surface area (Å²) < 4.78 is 30.2. The van der Waals surface area contributed by atoms with Crippen LogP contribution in [-0.2, 0) is 27.9 Å². The van der Waals surface area contributed by atoms with Crippen molar-refractivity contribution in [2.24, 2.45) is 0 Å². The van der Waals surface area contributed by atoms with E-state index in [-0.39, 0.29) is 31.3 Å². The first kappa shape index (κ1) is 66.2. The van der Waals surface area contributed by atoms with Crippen LogP contribution in [0.3, 0.4) is 0 Å². The molecule has 3 atom stereocenters. The van der Waals surface area contributed by atoms with Gasteiger partial charge in [-0.1, -0.05) is 237 Å². The first-order chi connectivity index (χ1) is 32.9. The molecule has 0 aromatic heterocycles. The molecule has 9 nitrogen and oxygen atoms in total. The summed E-state index contributed by atoms with van der Waals surface area (Å²) in [6.45, 7) is 6.83. The zero-order valence-electron chi connectivity index (χ0n) is 45.6. The summed E-state index contributed by atoms with van der Waals surface area (Å²) in [5, 5.41) is 3.01. The summed E-state index contributed by atoms with van der Waals surface area (Å²) in [6, 6.07) is -0.896. The number of nitrogens with zero attached hydrogens (tertiary/aromatic N) is 1. The van der Waals surface area contributed by atoms with Crippen molar-refractivity contribution in [3.05, 3.63) is 36.5 Å². The van der Waals surface area contributed by atoms with Crippen molar-refractivity contribution in [3.8, 4) is 0 Å². The molecule has 0 radical (unpaired) electrons. The third-order valence-electron chi connectivity index (χ3n) is 12.9. The van der Waals surface area contributed by atoms with Gasteiger partial charge in [0.2, 0.25) is 5.91 Å². The van der Waals surface area contributed by atoms with E-state index < -0.39 is 26.6 Å². The second-order valence-corrected chi connectivity index (χ2v) is 22.2. The molecule has 0 aliphatic rings. The predicted octanol–water partition coefficient (Wildman–Crippen LogP) is 16.5. The highest BCUT2D eigenvalue weighted by Gasteiger charge is 2.27. The predicted molar refractivity (Wildman–Crippen MR) is 289 cm³/mol. The third kappa shape index (κ3) is 49.2. The van der Waals surface area contributed by atoms with Crippen molar-refractivity contribution in [2.75, 3.05) is 40.9 Å². The van der Waals surface area contributed by atoms with Gasteiger partial charge in [0.05, 0.1) is 33.8 Å². The second-order valence-electron chi connectivity index (χ2n) is 20.8. The fourth-order valence-corrected chi connectivity index (χ4v) is 9.06. The summed E-state index contributed by atoms with van der Waals surface area (Å²) in [7, 11) is 1.18. The van der Waals surface area contributed by atoms with Gasteiger partial charge < -0.3 is 28.5 Å². The number of carbonyl (C=O) groups is 2. The Morgan fingerprint density at radius 3 is 1.31 bits per heavy atom. The quantitative estimate of drug-likeness (QED) is 0.0161. The monoisotopic (exact) mass is 979 g/mol. The summed E-state index contributed by atoms with van der Waals surface area (Å²) in [6.07, 6.45) is 56.8. The molecule has 3 unspecified atom stereocenters. The Balaban J connectivity index is 5.38. The fraction of sp³-hybridized carbons (Fsp3) is 0.862. The van der Waals surface area contributed by atoms with Gasteiger partial charge in [-0.05, 0) is 57.4 Å². The van der Waals surface area contributed by atoms with E-state index in [4.69, 9.17) is 13.8 Å². The van der Waals surface area contributed by atoms with Gasteiger partial charge in [0.25, 0.3) is 7.82 Å². The molecule has 0 saturated heterocycles. The lowest BCUT2D eigenvalue weighted by Gasteiger charge is -2.30. The number of hydrogen-bond donors (Lipinski definition) is 1. The van der Waals surface area contributed by atoms with Crippen molar-refractivity contribution in [3.63, 3.8) is 0 Å². The first-order valence-corrected chi connectivity index (χ1v) is 30.3. The number of rotatable bonds is 52. The number of carbonyl (C=O) groups excluding carboxylic acids is 2. The molecule has 0 aliphatic heterocycles. The largest absolute Gasteiger partial charge is 0.756 e. The van der Waals surface area contributed by atoms with Gasteiger partial charge >= 0.3 is 5.97 Å². The lowest BCUT2D eigenvalue weighted by Crippen LogP contribution is -2.47. The molecule has 0 aliphatic carbocycles.